The summed E-state index contributed by atoms with van der Waals surface area (Å²) >= 11 is 0. The van der Waals surface area contributed by atoms with Gasteiger partial charge in [0.15, 0.2) is 5.82 Å². The predicted molar refractivity (Wildman–Crippen MR) is 114 cm³/mol. The number of aromatic amines is 1. The summed E-state index contributed by atoms with van der Waals surface area (Å²) in [4.78, 5) is 35.2. The second-order valence-corrected chi connectivity index (χ2v) is 7.21. The Morgan fingerprint density at radius 3 is 2.74 bits per heavy atom. The van der Waals surface area contributed by atoms with Crippen LogP contribution in [0.5, 0.6) is 0 Å². The summed E-state index contributed by atoms with van der Waals surface area (Å²) in [7, 11) is 0. The number of hydrogen-bond acceptors (Lipinski definition) is 10. The van der Waals surface area contributed by atoms with Gasteiger partial charge in [-0.25, -0.2) is 4.79 Å². The zero-order valence-electron chi connectivity index (χ0n) is 17.3. The molecule has 1 atom stereocenters. The molecule has 1 saturated heterocycles. The van der Waals surface area contributed by atoms with Crippen molar-refractivity contribution in [3.05, 3.63) is 45.7 Å². The first-order valence-electron chi connectivity index (χ1n) is 10.2. The summed E-state index contributed by atoms with van der Waals surface area (Å²) < 4.78 is 16.6. The lowest BCUT2D eigenvalue weighted by molar-refractivity contribution is -0.105. The highest BCUT2D eigenvalue weighted by atomic mass is 16.7. The van der Waals surface area contributed by atoms with E-state index in [1.54, 1.807) is 19.1 Å². The molecule has 11 nitrogen and oxygen atoms in total. The fourth-order valence-electron chi connectivity index (χ4n) is 3.51. The average Bonchev–Trinajstić information content (AvgIpc) is 3.19. The quantitative estimate of drug-likeness (QED) is 0.422. The second kappa shape index (κ2) is 9.33. The van der Waals surface area contributed by atoms with E-state index in [9.17, 15) is 9.59 Å². The molecule has 2 aliphatic heterocycles. The number of nitrogens with one attached hydrogen (secondary N) is 2. The van der Waals surface area contributed by atoms with Crippen molar-refractivity contribution in [1.29, 1.82) is 0 Å². The van der Waals surface area contributed by atoms with Gasteiger partial charge in [0.05, 0.1) is 25.4 Å². The van der Waals surface area contributed by atoms with Gasteiger partial charge in [-0.2, -0.15) is 4.98 Å². The maximum absolute atomic E-state index is 12.7. The van der Waals surface area contributed by atoms with Gasteiger partial charge in [0, 0.05) is 26.2 Å². The summed E-state index contributed by atoms with van der Waals surface area (Å²) in [5.41, 5.74) is 7.02. The molecule has 0 amide bonds. The number of anilines is 3. The average molecular weight is 430 g/mol. The highest BCUT2D eigenvalue weighted by Gasteiger charge is 2.33. The van der Waals surface area contributed by atoms with Crippen molar-refractivity contribution < 1.29 is 19.0 Å². The Balaban J connectivity index is 1.44. The van der Waals surface area contributed by atoms with Crippen molar-refractivity contribution in [1.82, 2.24) is 14.9 Å². The van der Waals surface area contributed by atoms with Gasteiger partial charge < -0.3 is 25.3 Å². The maximum Gasteiger partial charge on any atom is 0.341 e. The number of benzene rings is 1. The Morgan fingerprint density at radius 2 is 2.03 bits per heavy atom. The van der Waals surface area contributed by atoms with E-state index < -0.39 is 17.9 Å². The van der Waals surface area contributed by atoms with Gasteiger partial charge in [0.1, 0.15) is 5.69 Å². The number of esters is 1. The van der Waals surface area contributed by atoms with E-state index in [-0.39, 0.29) is 24.1 Å². The van der Waals surface area contributed by atoms with Gasteiger partial charge in [-0.05, 0) is 24.6 Å². The van der Waals surface area contributed by atoms with Gasteiger partial charge in [0.2, 0.25) is 5.95 Å². The molecule has 1 aromatic heterocycles. The standard InChI is InChI=1S/C20H26N6O5/c1-2-30-20(26-12-22-15-16(26)23-19(21)24-17(15)27)31-18(28)14-5-3-13(4-6-14)11-25-7-9-29-10-8-25/h3-6,20,22H,2,7-12H2,1H3,(H3,21,23,24,27). The molecular formula is C20H26N6O5. The smallest absolute Gasteiger partial charge is 0.341 e. The van der Waals surface area contributed by atoms with E-state index in [0.717, 1.165) is 38.4 Å². The number of nitrogens with two attached hydrogens (primary N) is 1. The van der Waals surface area contributed by atoms with Gasteiger partial charge >= 0.3 is 5.97 Å². The van der Waals surface area contributed by atoms with E-state index in [4.69, 9.17) is 19.9 Å². The Morgan fingerprint density at radius 1 is 1.29 bits per heavy atom. The molecule has 1 unspecified atom stereocenters. The number of H-pyrrole nitrogens is 1. The SMILES string of the molecule is CCOC(OC(=O)c1ccc(CN2CCOCC2)cc1)N1CNc2c1nc(N)[nH]c2=O. The van der Waals surface area contributed by atoms with Gasteiger partial charge in [-0.15, -0.1) is 0 Å². The number of carbonyl (C=O) groups excluding carboxylic acids is 1. The molecule has 2 aromatic rings. The van der Waals surface area contributed by atoms with E-state index >= 15 is 0 Å². The lowest BCUT2D eigenvalue weighted by Crippen LogP contribution is -2.41. The van der Waals surface area contributed by atoms with Crippen LogP contribution < -0.4 is 21.5 Å². The normalized spacial score (nSPS) is 17.1. The first kappa shape index (κ1) is 21.1. The van der Waals surface area contributed by atoms with Crippen LogP contribution in [0.1, 0.15) is 22.8 Å². The highest BCUT2D eigenvalue weighted by Crippen LogP contribution is 2.28. The lowest BCUT2D eigenvalue weighted by Gasteiger charge is -2.27. The second-order valence-electron chi connectivity index (χ2n) is 7.21. The van der Waals surface area contributed by atoms with Crippen LogP contribution in [0.15, 0.2) is 29.1 Å². The zero-order valence-corrected chi connectivity index (χ0v) is 17.3. The fraction of sp³-hybridized carbons (Fsp3) is 0.450. The first-order valence-corrected chi connectivity index (χ1v) is 10.2. The topological polar surface area (TPSA) is 135 Å². The number of rotatable bonds is 7. The minimum Gasteiger partial charge on any atom is -0.412 e. The van der Waals surface area contributed by atoms with Crippen LogP contribution in [0.25, 0.3) is 0 Å². The van der Waals surface area contributed by atoms with E-state index in [2.05, 4.69) is 20.2 Å². The molecule has 166 valence electrons. The van der Waals surface area contributed by atoms with Crippen LogP contribution in [0.4, 0.5) is 17.5 Å². The third-order valence-electron chi connectivity index (χ3n) is 5.09. The zero-order chi connectivity index (χ0) is 21.8. The summed E-state index contributed by atoms with van der Waals surface area (Å²) in [5, 5.41) is 2.92. The molecule has 1 aromatic carbocycles. The third kappa shape index (κ3) is 4.79. The highest BCUT2D eigenvalue weighted by molar-refractivity contribution is 5.89. The number of morpholine rings is 1. The van der Waals surface area contributed by atoms with Crippen LogP contribution in [-0.4, -0.2) is 66.8 Å². The number of carbonyl (C=O) groups is 1. The van der Waals surface area contributed by atoms with Crippen molar-refractivity contribution in [2.75, 3.05) is 55.5 Å². The Bertz CT molecular complexity index is 973. The van der Waals surface area contributed by atoms with E-state index in [1.165, 1.54) is 4.90 Å². The number of fused-ring (bicyclic) bond motifs is 1. The summed E-state index contributed by atoms with van der Waals surface area (Å²) in [6.07, 6.45) is -1.06. The molecule has 0 spiro atoms. The molecule has 0 saturated carbocycles. The number of nitrogen functional groups attached to an aromatic ring is 1. The lowest BCUT2D eigenvalue weighted by atomic mass is 10.1. The minimum absolute atomic E-state index is 0.0325. The van der Waals surface area contributed by atoms with Crippen molar-refractivity contribution in [2.45, 2.75) is 19.9 Å². The van der Waals surface area contributed by atoms with Crippen LogP contribution in [0.3, 0.4) is 0 Å². The maximum atomic E-state index is 12.7. The molecule has 4 rings (SSSR count). The number of nitrogens with zero attached hydrogens (tertiary/aromatic N) is 3. The number of hydrogen-bond donors (Lipinski definition) is 3. The monoisotopic (exact) mass is 430 g/mol. The summed E-state index contributed by atoms with van der Waals surface area (Å²) in [6.45, 7) is 6.34. The van der Waals surface area contributed by atoms with Crippen molar-refractivity contribution in [3.8, 4) is 0 Å². The van der Waals surface area contributed by atoms with Crippen LogP contribution >= 0.6 is 0 Å². The molecular weight excluding hydrogens is 404 g/mol. The summed E-state index contributed by atoms with van der Waals surface area (Å²) in [5.74, 6) is -0.300. The third-order valence-corrected chi connectivity index (χ3v) is 5.09. The fourth-order valence-corrected chi connectivity index (χ4v) is 3.51. The first-order chi connectivity index (χ1) is 15.0. The molecule has 31 heavy (non-hydrogen) atoms. The molecule has 0 radical (unpaired) electrons. The molecule has 3 heterocycles. The molecule has 2 aliphatic rings. The predicted octanol–water partition coefficient (Wildman–Crippen LogP) is 0.551. The van der Waals surface area contributed by atoms with Gasteiger partial charge in [0.25, 0.3) is 12.0 Å². The Kier molecular flexibility index (Phi) is 6.35. The van der Waals surface area contributed by atoms with Gasteiger partial charge in [-0.1, -0.05) is 12.1 Å². The molecule has 0 bridgehead atoms. The molecule has 1 fully saturated rings. The Labute approximate surface area is 179 Å². The van der Waals surface area contributed by atoms with Crippen molar-refractivity contribution in [2.24, 2.45) is 0 Å². The van der Waals surface area contributed by atoms with Crippen molar-refractivity contribution >= 4 is 23.4 Å². The number of ether oxygens (including phenoxy) is 3. The Hall–Kier alpha value is -3.15. The molecule has 0 aliphatic carbocycles. The number of aromatic nitrogens is 2. The summed E-state index contributed by atoms with van der Waals surface area (Å²) in [6, 6.07) is 7.29. The van der Waals surface area contributed by atoms with Gasteiger partial charge in [-0.3, -0.25) is 19.6 Å². The van der Waals surface area contributed by atoms with Crippen LogP contribution in [0.2, 0.25) is 0 Å². The van der Waals surface area contributed by atoms with E-state index in [1.807, 2.05) is 12.1 Å². The molecule has 4 N–H and O–H groups in total. The van der Waals surface area contributed by atoms with Crippen molar-refractivity contribution in [3.63, 3.8) is 0 Å². The minimum atomic E-state index is -1.06. The van der Waals surface area contributed by atoms with Crippen LogP contribution in [0, 0.1) is 0 Å². The molecule has 11 heteroatoms. The van der Waals surface area contributed by atoms with E-state index in [0.29, 0.717) is 12.2 Å². The largest absolute Gasteiger partial charge is 0.412 e. The van der Waals surface area contributed by atoms with Crippen LogP contribution in [-0.2, 0) is 20.8 Å².